The molecule has 0 aromatic heterocycles. The second kappa shape index (κ2) is 5.54. The summed E-state index contributed by atoms with van der Waals surface area (Å²) in [6.07, 6.45) is -4.50. The molecule has 1 nitrogen and oxygen atoms in total. The molecule has 1 unspecified atom stereocenters. The van der Waals surface area contributed by atoms with Gasteiger partial charge in [0, 0.05) is 6.42 Å². The molecule has 0 radical (unpaired) electrons. The molecule has 17 heavy (non-hydrogen) atoms. The molecule has 1 rings (SSSR count). The van der Waals surface area contributed by atoms with Crippen LogP contribution in [0.2, 0.25) is 0 Å². The topological polar surface area (TPSA) is 20.2 Å². The van der Waals surface area contributed by atoms with E-state index in [0.29, 0.717) is 12.0 Å². The normalized spacial score (nSPS) is 15.6. The minimum atomic E-state index is -4.15. The number of hydrogen-bond acceptors (Lipinski definition) is 1. The van der Waals surface area contributed by atoms with Crippen molar-refractivity contribution in [1.29, 1.82) is 0 Å². The lowest BCUT2D eigenvalue weighted by atomic mass is 9.86. The maximum absolute atomic E-state index is 12.1. The van der Waals surface area contributed by atoms with Crippen molar-refractivity contribution in [3.63, 3.8) is 0 Å². The predicted octanol–water partition coefficient (Wildman–Crippen LogP) is 4.02. The van der Waals surface area contributed by atoms with Gasteiger partial charge in [0.15, 0.2) is 0 Å². The molecule has 0 saturated carbocycles. The molecular weight excluding hydrogens is 229 g/mol. The highest BCUT2D eigenvalue weighted by molar-refractivity contribution is 5.21. The fraction of sp³-hybridized carbons (Fsp3) is 0.538. The van der Waals surface area contributed by atoms with Gasteiger partial charge in [-0.05, 0) is 24.8 Å². The van der Waals surface area contributed by atoms with Crippen LogP contribution in [0, 0.1) is 0 Å². The average molecular weight is 246 g/mol. The minimum absolute atomic E-state index is 0.0528. The highest BCUT2D eigenvalue weighted by atomic mass is 19.4. The van der Waals surface area contributed by atoms with Crippen LogP contribution in [0.5, 0.6) is 0 Å². The molecule has 0 aliphatic heterocycles. The summed E-state index contributed by atoms with van der Waals surface area (Å²) in [4.78, 5) is 0. The highest BCUT2D eigenvalue weighted by Gasteiger charge is 2.31. The number of alkyl halides is 3. The summed E-state index contributed by atoms with van der Waals surface area (Å²) in [7, 11) is 0. The van der Waals surface area contributed by atoms with E-state index in [9.17, 15) is 18.3 Å². The van der Waals surface area contributed by atoms with Crippen molar-refractivity contribution in [3.8, 4) is 0 Å². The lowest BCUT2D eigenvalue weighted by molar-refractivity contribution is -0.138. The molecule has 0 saturated heterocycles. The average Bonchev–Trinajstić information content (AvgIpc) is 2.28. The molecule has 0 bridgehead atoms. The Morgan fingerprint density at radius 1 is 1.06 bits per heavy atom. The zero-order valence-corrected chi connectivity index (χ0v) is 9.80. The molecule has 0 amide bonds. The zero-order valence-electron chi connectivity index (χ0n) is 9.80. The molecule has 0 aliphatic carbocycles. The van der Waals surface area contributed by atoms with E-state index >= 15 is 0 Å². The third-order valence-corrected chi connectivity index (χ3v) is 2.95. The number of aliphatic hydroxyl groups is 1. The highest BCUT2D eigenvalue weighted by Crippen LogP contribution is 2.32. The molecule has 0 fully saturated rings. The van der Waals surface area contributed by atoms with Crippen molar-refractivity contribution in [3.05, 3.63) is 35.9 Å². The summed E-state index contributed by atoms with van der Waals surface area (Å²) >= 11 is 0. The van der Waals surface area contributed by atoms with Gasteiger partial charge in [0.25, 0.3) is 0 Å². The second-order valence-corrected chi connectivity index (χ2v) is 4.22. The Morgan fingerprint density at radius 2 is 1.65 bits per heavy atom. The van der Waals surface area contributed by atoms with E-state index < -0.39 is 18.2 Å². The summed E-state index contributed by atoms with van der Waals surface area (Å²) in [6.45, 7) is 1.78. The third kappa shape index (κ3) is 4.38. The Bertz CT molecular complexity index is 334. The summed E-state index contributed by atoms with van der Waals surface area (Å²) in [5.74, 6) is 0. The van der Waals surface area contributed by atoms with E-state index in [2.05, 4.69) is 0 Å². The maximum Gasteiger partial charge on any atom is 0.389 e. The van der Waals surface area contributed by atoms with Gasteiger partial charge in [-0.1, -0.05) is 37.3 Å². The fourth-order valence-electron chi connectivity index (χ4n) is 1.85. The van der Waals surface area contributed by atoms with Crippen LogP contribution in [-0.2, 0) is 5.60 Å². The van der Waals surface area contributed by atoms with Crippen LogP contribution in [-0.4, -0.2) is 11.3 Å². The van der Waals surface area contributed by atoms with Crippen LogP contribution in [0.4, 0.5) is 13.2 Å². The Balaban J connectivity index is 2.64. The van der Waals surface area contributed by atoms with E-state index in [0.717, 1.165) is 0 Å². The van der Waals surface area contributed by atoms with Crippen LogP contribution >= 0.6 is 0 Å². The molecular formula is C13H17F3O. The molecule has 0 heterocycles. The number of hydrogen-bond donors (Lipinski definition) is 1. The summed E-state index contributed by atoms with van der Waals surface area (Å²) in [5.41, 5.74) is -0.461. The van der Waals surface area contributed by atoms with Gasteiger partial charge in [0.2, 0.25) is 0 Å². The SMILES string of the molecule is CCC(O)(CCCC(F)(F)F)c1ccccc1. The lowest BCUT2D eigenvalue weighted by Crippen LogP contribution is -2.25. The van der Waals surface area contributed by atoms with E-state index in [4.69, 9.17) is 0 Å². The Labute approximate surface area is 99.3 Å². The standard InChI is InChI=1S/C13H17F3O/c1-2-12(17,9-6-10-13(14,15)16)11-7-4-3-5-8-11/h3-5,7-8,17H,2,6,9-10H2,1H3. The Hall–Kier alpha value is -1.03. The molecule has 1 atom stereocenters. The van der Waals surface area contributed by atoms with E-state index in [1.807, 2.05) is 6.07 Å². The molecule has 1 aromatic rings. The zero-order chi connectivity index (χ0) is 12.9. The maximum atomic E-state index is 12.1. The predicted molar refractivity (Wildman–Crippen MR) is 60.5 cm³/mol. The van der Waals surface area contributed by atoms with Gasteiger partial charge in [-0.2, -0.15) is 13.2 Å². The molecule has 1 N–H and O–H groups in total. The Morgan fingerprint density at radius 3 is 2.12 bits per heavy atom. The first kappa shape index (κ1) is 14.0. The summed E-state index contributed by atoms with van der Waals surface area (Å²) in [6, 6.07) is 8.86. The summed E-state index contributed by atoms with van der Waals surface area (Å²) < 4.78 is 36.2. The Kier molecular flexibility index (Phi) is 4.57. The first-order valence-corrected chi connectivity index (χ1v) is 5.72. The summed E-state index contributed by atoms with van der Waals surface area (Å²) in [5, 5.41) is 10.3. The van der Waals surface area contributed by atoms with Gasteiger partial charge in [-0.15, -0.1) is 0 Å². The molecule has 0 aliphatic rings. The van der Waals surface area contributed by atoms with Gasteiger partial charge in [0.05, 0.1) is 5.60 Å². The number of halogens is 3. The first-order chi connectivity index (χ1) is 7.87. The van der Waals surface area contributed by atoms with Crippen LogP contribution < -0.4 is 0 Å². The molecule has 1 aromatic carbocycles. The van der Waals surface area contributed by atoms with E-state index in [1.165, 1.54) is 0 Å². The van der Waals surface area contributed by atoms with Crippen molar-refractivity contribution in [2.45, 2.75) is 44.4 Å². The molecule has 4 heteroatoms. The van der Waals surface area contributed by atoms with E-state index in [-0.39, 0.29) is 12.8 Å². The van der Waals surface area contributed by atoms with Gasteiger partial charge >= 0.3 is 6.18 Å². The van der Waals surface area contributed by atoms with E-state index in [1.54, 1.807) is 31.2 Å². The monoisotopic (exact) mass is 246 g/mol. The van der Waals surface area contributed by atoms with Gasteiger partial charge in [0.1, 0.15) is 0 Å². The second-order valence-electron chi connectivity index (χ2n) is 4.22. The largest absolute Gasteiger partial charge is 0.389 e. The van der Waals surface area contributed by atoms with Crippen molar-refractivity contribution in [2.24, 2.45) is 0 Å². The van der Waals surface area contributed by atoms with Crippen LogP contribution in [0.15, 0.2) is 30.3 Å². The third-order valence-electron chi connectivity index (χ3n) is 2.95. The van der Waals surface area contributed by atoms with Crippen molar-refractivity contribution in [1.82, 2.24) is 0 Å². The van der Waals surface area contributed by atoms with Crippen molar-refractivity contribution >= 4 is 0 Å². The quantitative estimate of drug-likeness (QED) is 0.832. The fourth-order valence-corrected chi connectivity index (χ4v) is 1.85. The smallest absolute Gasteiger partial charge is 0.385 e. The van der Waals surface area contributed by atoms with Crippen molar-refractivity contribution in [2.75, 3.05) is 0 Å². The van der Waals surface area contributed by atoms with Gasteiger partial charge in [-0.25, -0.2) is 0 Å². The molecule has 96 valence electrons. The molecule has 0 spiro atoms. The van der Waals surface area contributed by atoms with Crippen molar-refractivity contribution < 1.29 is 18.3 Å². The lowest BCUT2D eigenvalue weighted by Gasteiger charge is -2.27. The number of rotatable bonds is 5. The van der Waals surface area contributed by atoms with Gasteiger partial charge < -0.3 is 5.11 Å². The van der Waals surface area contributed by atoms with Crippen LogP contribution in [0.1, 0.15) is 38.2 Å². The van der Waals surface area contributed by atoms with Gasteiger partial charge in [-0.3, -0.25) is 0 Å². The van der Waals surface area contributed by atoms with Crippen LogP contribution in [0.3, 0.4) is 0 Å². The number of benzene rings is 1. The minimum Gasteiger partial charge on any atom is -0.385 e. The van der Waals surface area contributed by atoms with Crippen LogP contribution in [0.25, 0.3) is 0 Å². The first-order valence-electron chi connectivity index (χ1n) is 5.72.